The van der Waals surface area contributed by atoms with Crippen LogP contribution in [0.15, 0.2) is 18.2 Å². The molecule has 0 spiro atoms. The second-order valence-electron chi connectivity index (χ2n) is 6.81. The van der Waals surface area contributed by atoms with Crippen molar-refractivity contribution in [2.75, 3.05) is 5.32 Å². The van der Waals surface area contributed by atoms with Crippen LogP contribution in [0.5, 0.6) is 0 Å². The monoisotopic (exact) mass is 288 g/mol. The standard InChI is InChI=1S/C18H25FN2/c1-4-18(2,3)13-8-10-14(11-9-13)21-17-7-5-6-16(19)15(17)12-20/h5-7,13-14,21H,4,8-11H2,1-3H3. The number of nitrogens with zero attached hydrogens (tertiary/aromatic N) is 1. The van der Waals surface area contributed by atoms with Crippen LogP contribution < -0.4 is 5.32 Å². The first-order chi connectivity index (χ1) is 9.97. The van der Waals surface area contributed by atoms with Crippen LogP contribution in [0.25, 0.3) is 0 Å². The van der Waals surface area contributed by atoms with E-state index >= 15 is 0 Å². The quantitative estimate of drug-likeness (QED) is 0.836. The zero-order valence-electron chi connectivity index (χ0n) is 13.2. The summed E-state index contributed by atoms with van der Waals surface area (Å²) in [7, 11) is 0. The van der Waals surface area contributed by atoms with Crippen LogP contribution in [-0.4, -0.2) is 6.04 Å². The molecule has 0 atom stereocenters. The van der Waals surface area contributed by atoms with Gasteiger partial charge >= 0.3 is 0 Å². The van der Waals surface area contributed by atoms with Crippen LogP contribution in [0, 0.1) is 28.5 Å². The Morgan fingerprint density at radius 2 is 1.95 bits per heavy atom. The molecule has 21 heavy (non-hydrogen) atoms. The number of halogens is 1. The molecular weight excluding hydrogens is 263 g/mol. The van der Waals surface area contributed by atoms with E-state index in [1.807, 2.05) is 6.07 Å². The predicted molar refractivity (Wildman–Crippen MR) is 84.6 cm³/mol. The SMILES string of the molecule is CCC(C)(C)C1CCC(Nc2cccc(F)c2C#N)CC1. The molecule has 114 valence electrons. The van der Waals surface area contributed by atoms with Gasteiger partial charge in [-0.25, -0.2) is 4.39 Å². The summed E-state index contributed by atoms with van der Waals surface area (Å²) < 4.78 is 13.6. The van der Waals surface area contributed by atoms with Gasteiger partial charge in [-0.15, -0.1) is 0 Å². The maximum absolute atomic E-state index is 13.6. The summed E-state index contributed by atoms with van der Waals surface area (Å²) in [6, 6.07) is 7.10. The largest absolute Gasteiger partial charge is 0.381 e. The first kappa shape index (κ1) is 15.8. The summed E-state index contributed by atoms with van der Waals surface area (Å²) in [5.74, 6) is 0.326. The maximum atomic E-state index is 13.6. The molecule has 0 heterocycles. The van der Waals surface area contributed by atoms with Crippen molar-refractivity contribution < 1.29 is 4.39 Å². The van der Waals surface area contributed by atoms with Crippen LogP contribution in [-0.2, 0) is 0 Å². The summed E-state index contributed by atoms with van der Waals surface area (Å²) >= 11 is 0. The third-order valence-corrected chi connectivity index (χ3v) is 5.23. The van der Waals surface area contributed by atoms with Crippen molar-refractivity contribution >= 4 is 5.69 Å². The first-order valence-electron chi connectivity index (χ1n) is 7.93. The average Bonchev–Trinajstić information content (AvgIpc) is 2.48. The van der Waals surface area contributed by atoms with E-state index in [-0.39, 0.29) is 5.56 Å². The van der Waals surface area contributed by atoms with Crippen molar-refractivity contribution in [3.63, 3.8) is 0 Å². The summed E-state index contributed by atoms with van der Waals surface area (Å²) in [6.45, 7) is 6.97. The highest BCUT2D eigenvalue weighted by molar-refractivity contribution is 5.58. The number of nitriles is 1. The van der Waals surface area contributed by atoms with Gasteiger partial charge in [-0.1, -0.05) is 33.3 Å². The fourth-order valence-electron chi connectivity index (χ4n) is 3.29. The van der Waals surface area contributed by atoms with Crippen molar-refractivity contribution in [2.45, 2.75) is 58.9 Å². The van der Waals surface area contributed by atoms with E-state index in [0.717, 1.165) is 18.8 Å². The van der Waals surface area contributed by atoms with Gasteiger partial charge < -0.3 is 5.32 Å². The summed E-state index contributed by atoms with van der Waals surface area (Å²) in [5.41, 5.74) is 1.17. The van der Waals surface area contributed by atoms with Gasteiger partial charge in [0.1, 0.15) is 17.4 Å². The third kappa shape index (κ3) is 3.56. The molecule has 1 aromatic carbocycles. The van der Waals surface area contributed by atoms with Crippen LogP contribution in [0.1, 0.15) is 58.4 Å². The molecule has 1 aliphatic carbocycles. The van der Waals surface area contributed by atoms with E-state index in [0.29, 0.717) is 17.1 Å². The maximum Gasteiger partial charge on any atom is 0.143 e. The molecule has 0 radical (unpaired) electrons. The molecule has 0 aromatic heterocycles. The second kappa shape index (κ2) is 6.47. The molecule has 1 fully saturated rings. The van der Waals surface area contributed by atoms with Crippen molar-refractivity contribution in [3.8, 4) is 6.07 Å². The Morgan fingerprint density at radius 3 is 2.52 bits per heavy atom. The number of hydrogen-bond acceptors (Lipinski definition) is 2. The Balaban J connectivity index is 1.99. The molecule has 2 rings (SSSR count). The summed E-state index contributed by atoms with van der Waals surface area (Å²) in [5, 5.41) is 12.4. The third-order valence-electron chi connectivity index (χ3n) is 5.23. The molecule has 2 nitrogen and oxygen atoms in total. The lowest BCUT2D eigenvalue weighted by atomic mass is 9.69. The van der Waals surface area contributed by atoms with Crippen LogP contribution in [0.3, 0.4) is 0 Å². The van der Waals surface area contributed by atoms with Crippen LogP contribution >= 0.6 is 0 Å². The lowest BCUT2D eigenvalue weighted by Gasteiger charge is -2.39. The first-order valence-corrected chi connectivity index (χ1v) is 7.93. The Morgan fingerprint density at radius 1 is 1.29 bits per heavy atom. The minimum Gasteiger partial charge on any atom is -0.381 e. The molecule has 0 amide bonds. The van der Waals surface area contributed by atoms with Gasteiger partial charge in [0.2, 0.25) is 0 Å². The lowest BCUT2D eigenvalue weighted by molar-refractivity contribution is 0.147. The fourth-order valence-corrected chi connectivity index (χ4v) is 3.29. The molecule has 1 N–H and O–H groups in total. The molecular formula is C18H25FN2. The van der Waals surface area contributed by atoms with E-state index in [2.05, 4.69) is 26.1 Å². The molecule has 0 saturated heterocycles. The molecule has 0 bridgehead atoms. The van der Waals surface area contributed by atoms with E-state index < -0.39 is 5.82 Å². The van der Waals surface area contributed by atoms with Crippen LogP contribution in [0.2, 0.25) is 0 Å². The Kier molecular flexibility index (Phi) is 4.88. The van der Waals surface area contributed by atoms with E-state index in [4.69, 9.17) is 5.26 Å². The topological polar surface area (TPSA) is 35.8 Å². The highest BCUT2D eigenvalue weighted by Crippen LogP contribution is 2.41. The molecule has 1 saturated carbocycles. The van der Waals surface area contributed by atoms with Gasteiger partial charge in [0.05, 0.1) is 5.69 Å². The van der Waals surface area contributed by atoms with E-state index in [1.54, 1.807) is 12.1 Å². The smallest absolute Gasteiger partial charge is 0.143 e. The molecule has 0 aliphatic heterocycles. The zero-order chi connectivity index (χ0) is 15.5. The Labute approximate surface area is 127 Å². The average molecular weight is 288 g/mol. The molecule has 1 aromatic rings. The number of benzene rings is 1. The highest BCUT2D eigenvalue weighted by Gasteiger charge is 2.31. The van der Waals surface area contributed by atoms with Gasteiger partial charge in [-0.2, -0.15) is 5.26 Å². The van der Waals surface area contributed by atoms with Gasteiger partial charge in [-0.05, 0) is 49.1 Å². The van der Waals surface area contributed by atoms with Crippen molar-refractivity contribution in [2.24, 2.45) is 11.3 Å². The van der Waals surface area contributed by atoms with Gasteiger partial charge in [-0.3, -0.25) is 0 Å². The number of anilines is 1. The zero-order valence-corrected chi connectivity index (χ0v) is 13.2. The molecule has 3 heteroatoms. The van der Waals surface area contributed by atoms with Crippen molar-refractivity contribution in [1.82, 2.24) is 0 Å². The molecule has 0 unspecified atom stereocenters. The minimum atomic E-state index is -0.441. The number of rotatable bonds is 4. The number of hydrogen-bond donors (Lipinski definition) is 1. The van der Waals surface area contributed by atoms with Crippen LogP contribution in [0.4, 0.5) is 10.1 Å². The van der Waals surface area contributed by atoms with Crippen molar-refractivity contribution in [3.05, 3.63) is 29.6 Å². The highest BCUT2D eigenvalue weighted by atomic mass is 19.1. The normalized spacial score (nSPS) is 22.6. The second-order valence-corrected chi connectivity index (χ2v) is 6.81. The lowest BCUT2D eigenvalue weighted by Crippen LogP contribution is -2.32. The fraction of sp³-hybridized carbons (Fsp3) is 0.611. The molecule has 1 aliphatic rings. The van der Waals surface area contributed by atoms with E-state index in [1.165, 1.54) is 25.3 Å². The summed E-state index contributed by atoms with van der Waals surface area (Å²) in [6.07, 6.45) is 5.80. The van der Waals surface area contributed by atoms with Gasteiger partial charge in [0.15, 0.2) is 0 Å². The minimum absolute atomic E-state index is 0.133. The van der Waals surface area contributed by atoms with Gasteiger partial charge in [0.25, 0.3) is 0 Å². The summed E-state index contributed by atoms with van der Waals surface area (Å²) in [4.78, 5) is 0. The Bertz CT molecular complexity index is 523. The Hall–Kier alpha value is -1.56. The van der Waals surface area contributed by atoms with E-state index in [9.17, 15) is 4.39 Å². The number of nitrogens with one attached hydrogen (secondary N) is 1. The van der Waals surface area contributed by atoms with Crippen molar-refractivity contribution in [1.29, 1.82) is 5.26 Å². The predicted octanol–water partition coefficient (Wildman–Crippen LogP) is 5.10. The van der Waals surface area contributed by atoms with Gasteiger partial charge in [0, 0.05) is 6.04 Å².